The number of hydrogen-bond acceptors (Lipinski definition) is 0. The Hall–Kier alpha value is -0.260. The van der Waals surface area contributed by atoms with Crippen LogP contribution in [0.1, 0.15) is 32.1 Å². The van der Waals surface area contributed by atoms with E-state index in [9.17, 15) is 0 Å². The zero-order valence-electron chi connectivity index (χ0n) is 6.40. The predicted octanol–water partition coefficient (Wildman–Crippen LogP) is 2.75. The maximum atomic E-state index is 3.91. The van der Waals surface area contributed by atoms with Crippen molar-refractivity contribution in [2.45, 2.75) is 32.1 Å². The summed E-state index contributed by atoms with van der Waals surface area (Å²) in [6.45, 7) is 3.91. The highest BCUT2D eigenvalue weighted by atomic mass is 14.8. The van der Waals surface area contributed by atoms with Gasteiger partial charge in [-0.2, -0.15) is 0 Å². The van der Waals surface area contributed by atoms with Gasteiger partial charge in [-0.3, -0.25) is 0 Å². The van der Waals surface area contributed by atoms with Gasteiger partial charge in [0.2, 0.25) is 0 Å². The monoisotopic (exact) mass is 134 g/mol. The Morgan fingerprint density at radius 2 is 1.90 bits per heavy atom. The summed E-state index contributed by atoms with van der Waals surface area (Å²) in [6.07, 6.45) is 9.80. The quantitative estimate of drug-likeness (QED) is 0.484. The average Bonchev–Trinajstić information content (AvgIpc) is 2.76. The number of allylic oxidation sites excluding steroid dienone is 1. The van der Waals surface area contributed by atoms with Crippen LogP contribution in [0.3, 0.4) is 0 Å². The fourth-order valence-corrected chi connectivity index (χ4v) is 3.28. The molecule has 0 heterocycles. The van der Waals surface area contributed by atoms with Crippen LogP contribution >= 0.6 is 0 Å². The van der Waals surface area contributed by atoms with Gasteiger partial charge in [0.1, 0.15) is 0 Å². The van der Waals surface area contributed by atoms with Gasteiger partial charge in [0.05, 0.1) is 0 Å². The standard InChI is InChI=1S/C10H14/c1-2-8-7-9(3-4-9)10(8)5-6-10/h2,8H,1,3-7H2. The van der Waals surface area contributed by atoms with E-state index in [1.54, 1.807) is 0 Å². The van der Waals surface area contributed by atoms with Crippen molar-refractivity contribution in [3.05, 3.63) is 12.7 Å². The van der Waals surface area contributed by atoms with Gasteiger partial charge in [-0.1, -0.05) is 6.08 Å². The summed E-state index contributed by atoms with van der Waals surface area (Å²) in [5, 5.41) is 0. The molecule has 0 aliphatic heterocycles. The Morgan fingerprint density at radius 3 is 2.30 bits per heavy atom. The second-order valence-electron chi connectivity index (χ2n) is 4.48. The van der Waals surface area contributed by atoms with Crippen molar-refractivity contribution in [1.82, 2.24) is 0 Å². The molecule has 0 heteroatoms. The van der Waals surface area contributed by atoms with E-state index < -0.39 is 0 Å². The van der Waals surface area contributed by atoms with Crippen LogP contribution in [-0.4, -0.2) is 0 Å². The second-order valence-corrected chi connectivity index (χ2v) is 4.48. The minimum Gasteiger partial charge on any atom is -0.103 e. The van der Waals surface area contributed by atoms with Crippen LogP contribution in [0.15, 0.2) is 12.7 Å². The predicted molar refractivity (Wildman–Crippen MR) is 41.6 cm³/mol. The van der Waals surface area contributed by atoms with Gasteiger partial charge in [-0.05, 0) is 48.9 Å². The van der Waals surface area contributed by atoms with E-state index >= 15 is 0 Å². The van der Waals surface area contributed by atoms with Crippen LogP contribution in [0.4, 0.5) is 0 Å². The molecule has 0 amide bonds. The molecule has 1 unspecified atom stereocenters. The summed E-state index contributed by atoms with van der Waals surface area (Å²) < 4.78 is 0. The van der Waals surface area contributed by atoms with E-state index in [1.165, 1.54) is 32.1 Å². The fraction of sp³-hybridized carbons (Fsp3) is 0.800. The molecule has 0 saturated heterocycles. The Balaban J connectivity index is 1.92. The SMILES string of the molecule is C=CC1CC2(CC2)C12CC2. The molecule has 0 aromatic rings. The molecule has 0 N–H and O–H groups in total. The highest BCUT2D eigenvalue weighted by Gasteiger charge is 2.74. The summed E-state index contributed by atoms with van der Waals surface area (Å²) in [4.78, 5) is 0. The van der Waals surface area contributed by atoms with Crippen LogP contribution in [0.2, 0.25) is 0 Å². The van der Waals surface area contributed by atoms with Crippen LogP contribution in [0.5, 0.6) is 0 Å². The molecule has 0 radical (unpaired) electrons. The van der Waals surface area contributed by atoms with Crippen molar-refractivity contribution in [2.24, 2.45) is 16.7 Å². The summed E-state index contributed by atoms with van der Waals surface area (Å²) in [6, 6.07) is 0. The van der Waals surface area contributed by atoms with Crippen LogP contribution in [0, 0.1) is 16.7 Å². The molecule has 3 aliphatic rings. The van der Waals surface area contributed by atoms with Crippen molar-refractivity contribution < 1.29 is 0 Å². The molecule has 3 aliphatic carbocycles. The molecule has 0 aromatic heterocycles. The average molecular weight is 134 g/mol. The topological polar surface area (TPSA) is 0 Å². The van der Waals surface area contributed by atoms with E-state index in [-0.39, 0.29) is 0 Å². The summed E-state index contributed by atoms with van der Waals surface area (Å²) in [5.41, 5.74) is 1.71. The Labute approximate surface area is 62.3 Å². The lowest BCUT2D eigenvalue weighted by Crippen LogP contribution is -2.39. The Morgan fingerprint density at radius 1 is 1.20 bits per heavy atom. The fourth-order valence-electron chi connectivity index (χ4n) is 3.28. The first-order valence-corrected chi connectivity index (χ1v) is 4.46. The van der Waals surface area contributed by atoms with Crippen LogP contribution < -0.4 is 0 Å². The maximum absolute atomic E-state index is 3.91. The van der Waals surface area contributed by atoms with Gasteiger partial charge in [-0.15, -0.1) is 6.58 Å². The molecular formula is C10H14. The molecule has 10 heavy (non-hydrogen) atoms. The number of rotatable bonds is 1. The lowest BCUT2D eigenvalue weighted by Gasteiger charge is -2.45. The summed E-state index contributed by atoms with van der Waals surface area (Å²) in [5.74, 6) is 0.912. The van der Waals surface area contributed by atoms with Gasteiger partial charge in [-0.25, -0.2) is 0 Å². The number of fused-ring (bicyclic) bond motifs is 1. The zero-order valence-corrected chi connectivity index (χ0v) is 6.40. The first-order chi connectivity index (χ1) is 4.83. The van der Waals surface area contributed by atoms with Crippen molar-refractivity contribution >= 4 is 0 Å². The van der Waals surface area contributed by atoms with Crippen molar-refractivity contribution in [3.8, 4) is 0 Å². The Kier molecular flexibility index (Phi) is 0.657. The van der Waals surface area contributed by atoms with E-state index in [0.29, 0.717) is 0 Å². The largest absolute Gasteiger partial charge is 0.103 e. The lowest BCUT2D eigenvalue weighted by molar-refractivity contribution is 0.0554. The molecule has 0 bridgehead atoms. The molecule has 2 spiro atoms. The van der Waals surface area contributed by atoms with E-state index in [0.717, 1.165) is 16.7 Å². The molecule has 0 nitrogen and oxygen atoms in total. The third-order valence-electron chi connectivity index (χ3n) is 4.30. The minimum absolute atomic E-state index is 0.828. The van der Waals surface area contributed by atoms with Crippen molar-refractivity contribution in [3.63, 3.8) is 0 Å². The molecular weight excluding hydrogens is 120 g/mol. The van der Waals surface area contributed by atoms with Crippen molar-refractivity contribution in [2.75, 3.05) is 0 Å². The smallest absolute Gasteiger partial charge is 0.0169 e. The maximum Gasteiger partial charge on any atom is -0.0169 e. The van der Waals surface area contributed by atoms with Crippen molar-refractivity contribution in [1.29, 1.82) is 0 Å². The van der Waals surface area contributed by atoms with Gasteiger partial charge >= 0.3 is 0 Å². The van der Waals surface area contributed by atoms with Gasteiger partial charge in [0, 0.05) is 0 Å². The summed E-state index contributed by atoms with van der Waals surface area (Å²) >= 11 is 0. The van der Waals surface area contributed by atoms with Gasteiger partial charge < -0.3 is 0 Å². The Bertz CT molecular complexity index is 194. The first kappa shape index (κ1) is 5.40. The molecule has 1 atom stereocenters. The normalized spacial score (nSPS) is 43.0. The van der Waals surface area contributed by atoms with Crippen LogP contribution in [-0.2, 0) is 0 Å². The molecule has 0 aromatic carbocycles. The number of hydrogen-bond donors (Lipinski definition) is 0. The lowest BCUT2D eigenvalue weighted by atomic mass is 9.58. The van der Waals surface area contributed by atoms with E-state index in [1.807, 2.05) is 0 Å². The molecule has 3 fully saturated rings. The third-order valence-corrected chi connectivity index (χ3v) is 4.30. The molecule has 3 rings (SSSR count). The third kappa shape index (κ3) is 0.349. The molecule has 3 saturated carbocycles. The van der Waals surface area contributed by atoms with Gasteiger partial charge in [0.25, 0.3) is 0 Å². The zero-order chi connectivity index (χ0) is 6.82. The van der Waals surface area contributed by atoms with Crippen LogP contribution in [0.25, 0.3) is 0 Å². The van der Waals surface area contributed by atoms with Gasteiger partial charge in [0.15, 0.2) is 0 Å². The second kappa shape index (κ2) is 1.22. The molecule has 54 valence electrons. The highest BCUT2D eigenvalue weighted by molar-refractivity contribution is 5.27. The first-order valence-electron chi connectivity index (χ1n) is 4.46. The van der Waals surface area contributed by atoms with E-state index in [4.69, 9.17) is 0 Å². The van der Waals surface area contributed by atoms with E-state index in [2.05, 4.69) is 12.7 Å². The highest BCUT2D eigenvalue weighted by Crippen LogP contribution is 2.83. The minimum atomic E-state index is 0.828. The summed E-state index contributed by atoms with van der Waals surface area (Å²) in [7, 11) is 0.